The fourth-order valence-electron chi connectivity index (χ4n) is 4.61. The molecule has 1 unspecified atom stereocenters. The molecule has 2 heterocycles. The van der Waals surface area contributed by atoms with E-state index in [1.54, 1.807) is 6.08 Å². The van der Waals surface area contributed by atoms with Crippen LogP contribution in [0.25, 0.3) is 5.70 Å². The van der Waals surface area contributed by atoms with Gasteiger partial charge in [-0.2, -0.15) is 13.2 Å². The number of alkyl halides is 3. The van der Waals surface area contributed by atoms with Gasteiger partial charge in [-0.15, -0.1) is 0 Å². The molecular weight excluding hydrogens is 481 g/mol. The maximum absolute atomic E-state index is 13.4. The van der Waals surface area contributed by atoms with Crippen LogP contribution in [0.2, 0.25) is 0 Å². The minimum absolute atomic E-state index is 0.0247. The van der Waals surface area contributed by atoms with E-state index >= 15 is 0 Å². The summed E-state index contributed by atoms with van der Waals surface area (Å²) >= 11 is 0. The number of ether oxygens (including phenoxy) is 1. The summed E-state index contributed by atoms with van der Waals surface area (Å²) < 4.78 is 46.0. The first kappa shape index (κ1) is 24.9. The molecule has 1 aliphatic heterocycles. The number of hydrogen-bond acceptors (Lipinski definition) is 4. The van der Waals surface area contributed by atoms with Crippen LogP contribution in [0.4, 0.5) is 23.7 Å². The Morgan fingerprint density at radius 1 is 1.16 bits per heavy atom. The van der Waals surface area contributed by atoms with E-state index in [0.29, 0.717) is 23.8 Å². The van der Waals surface area contributed by atoms with Crippen LogP contribution in [-0.2, 0) is 6.18 Å². The minimum atomic E-state index is -4.55. The fourth-order valence-corrected chi connectivity index (χ4v) is 4.61. The molecule has 1 aromatic heterocycles. The van der Waals surface area contributed by atoms with Crippen LogP contribution in [-0.4, -0.2) is 34.5 Å². The van der Waals surface area contributed by atoms with Gasteiger partial charge >= 0.3 is 12.2 Å². The lowest BCUT2D eigenvalue weighted by atomic mass is 9.99. The van der Waals surface area contributed by atoms with Gasteiger partial charge in [-0.25, -0.2) is 9.78 Å². The molecule has 0 bridgehead atoms. The number of halogens is 3. The van der Waals surface area contributed by atoms with E-state index in [1.165, 1.54) is 25.1 Å². The highest BCUT2D eigenvalue weighted by atomic mass is 19.4. The van der Waals surface area contributed by atoms with E-state index in [-0.39, 0.29) is 18.1 Å². The van der Waals surface area contributed by atoms with Gasteiger partial charge in [0.05, 0.1) is 6.04 Å². The lowest BCUT2D eigenvalue weighted by molar-refractivity contribution is -0.139. The van der Waals surface area contributed by atoms with Crippen molar-refractivity contribution in [2.45, 2.75) is 51.4 Å². The van der Waals surface area contributed by atoms with E-state index in [2.05, 4.69) is 26.6 Å². The van der Waals surface area contributed by atoms with Crippen LogP contribution in [0.5, 0.6) is 5.88 Å². The molecule has 1 fully saturated rings. The van der Waals surface area contributed by atoms with Gasteiger partial charge in [0.15, 0.2) is 0 Å². The molecule has 0 saturated heterocycles. The number of amides is 2. The Bertz CT molecular complexity index is 1260. The first-order chi connectivity index (χ1) is 17.7. The highest BCUT2D eigenvalue weighted by molar-refractivity contribution is 5.89. The number of nitrogens with zero attached hydrogens (tertiary/aromatic N) is 2. The second-order valence-electron chi connectivity index (χ2n) is 9.93. The third kappa shape index (κ3) is 5.81. The van der Waals surface area contributed by atoms with Gasteiger partial charge < -0.3 is 20.3 Å². The summed E-state index contributed by atoms with van der Waals surface area (Å²) in [5.74, 6) is 0.623. The van der Waals surface area contributed by atoms with E-state index in [1.807, 2.05) is 44.2 Å². The van der Waals surface area contributed by atoms with Crippen LogP contribution in [0, 0.1) is 5.92 Å². The van der Waals surface area contributed by atoms with Crippen molar-refractivity contribution >= 4 is 17.4 Å². The molecule has 2 N–H and O–H groups in total. The summed E-state index contributed by atoms with van der Waals surface area (Å²) in [6.07, 6.45) is 5.33. The zero-order chi connectivity index (χ0) is 26.2. The van der Waals surface area contributed by atoms with Crippen molar-refractivity contribution in [3.8, 4) is 5.88 Å². The first-order valence-electron chi connectivity index (χ1n) is 12.4. The van der Waals surface area contributed by atoms with Gasteiger partial charge in [0.25, 0.3) is 0 Å². The summed E-state index contributed by atoms with van der Waals surface area (Å²) in [6, 6.07) is 9.68. The maximum atomic E-state index is 13.4. The average molecular weight is 511 g/mol. The molecule has 5 rings (SSSR count). The molecule has 37 heavy (non-hydrogen) atoms. The Balaban J connectivity index is 1.35. The normalized spacial score (nSPS) is 19.1. The SMILES string of the molecule is CC(C)NC(=O)Nc1ccc(C2=CC3=CC=C(Oc4ncccc4C(F)(F)F)CC3N2CC2CC2)cc1. The van der Waals surface area contributed by atoms with Crippen molar-refractivity contribution in [3.63, 3.8) is 0 Å². The Morgan fingerprint density at radius 3 is 2.59 bits per heavy atom. The number of aromatic nitrogens is 1. The van der Waals surface area contributed by atoms with Crippen molar-refractivity contribution in [3.05, 3.63) is 83.3 Å². The highest BCUT2D eigenvalue weighted by Gasteiger charge is 2.38. The Kier molecular flexibility index (Phi) is 6.70. The summed E-state index contributed by atoms with van der Waals surface area (Å²) in [6.45, 7) is 4.67. The van der Waals surface area contributed by atoms with Crippen LogP contribution >= 0.6 is 0 Å². The fraction of sp³-hybridized carbons (Fsp3) is 0.357. The third-order valence-electron chi connectivity index (χ3n) is 6.54. The average Bonchev–Trinajstić information content (AvgIpc) is 3.59. The van der Waals surface area contributed by atoms with Gasteiger partial charge in [0.2, 0.25) is 5.88 Å². The smallest absolute Gasteiger partial charge is 0.421 e. The molecule has 1 aromatic carbocycles. The number of hydrogen-bond donors (Lipinski definition) is 2. The number of carbonyl (C=O) groups excluding carboxylic acids is 1. The molecule has 194 valence electrons. The number of allylic oxidation sites excluding steroid dienone is 2. The zero-order valence-corrected chi connectivity index (χ0v) is 20.7. The van der Waals surface area contributed by atoms with Gasteiger partial charge in [-0.1, -0.05) is 18.2 Å². The largest absolute Gasteiger partial charge is 0.443 e. The Morgan fingerprint density at radius 2 is 1.92 bits per heavy atom. The molecule has 2 aliphatic carbocycles. The highest BCUT2D eigenvalue weighted by Crippen LogP contribution is 2.43. The Labute approximate surface area is 213 Å². The number of nitrogens with one attached hydrogen (secondary N) is 2. The second-order valence-corrected chi connectivity index (χ2v) is 9.93. The monoisotopic (exact) mass is 510 g/mol. The van der Waals surface area contributed by atoms with Crippen molar-refractivity contribution in [2.24, 2.45) is 5.92 Å². The molecule has 0 radical (unpaired) electrons. The van der Waals surface area contributed by atoms with Crippen LogP contribution < -0.4 is 15.4 Å². The number of anilines is 1. The summed E-state index contributed by atoms with van der Waals surface area (Å²) in [7, 11) is 0. The topological polar surface area (TPSA) is 66.5 Å². The summed E-state index contributed by atoms with van der Waals surface area (Å²) in [5.41, 5.74) is 2.97. The molecular formula is C28H29F3N4O2. The van der Waals surface area contributed by atoms with Gasteiger partial charge in [-0.3, -0.25) is 0 Å². The Hall–Kier alpha value is -3.75. The summed E-state index contributed by atoms with van der Waals surface area (Å²) in [5, 5.41) is 5.63. The van der Waals surface area contributed by atoms with Crippen molar-refractivity contribution in [1.82, 2.24) is 15.2 Å². The molecule has 6 nitrogen and oxygen atoms in total. The predicted octanol–water partition coefficient (Wildman–Crippen LogP) is 6.36. The minimum Gasteiger partial charge on any atom is -0.443 e. The van der Waals surface area contributed by atoms with Gasteiger partial charge in [0, 0.05) is 36.6 Å². The van der Waals surface area contributed by atoms with Crippen molar-refractivity contribution < 1.29 is 22.7 Å². The van der Waals surface area contributed by atoms with E-state index in [4.69, 9.17) is 4.74 Å². The number of urea groups is 1. The lowest BCUT2D eigenvalue weighted by Gasteiger charge is -2.32. The van der Waals surface area contributed by atoms with Gasteiger partial charge in [-0.05, 0) is 80.2 Å². The quantitative estimate of drug-likeness (QED) is 0.455. The standard InChI is InChI=1S/C28H29F3N4O2/c1-17(2)33-27(36)34-21-10-7-19(8-11-21)24-14-20-9-12-22(15-25(20)35(24)16-18-5-6-18)37-26-23(28(29,30)31)4-3-13-32-26/h3-4,7-14,17-18,25H,5-6,15-16H2,1-2H3,(H2,33,34,36). The van der Waals surface area contributed by atoms with Crippen molar-refractivity contribution in [1.29, 1.82) is 0 Å². The van der Waals surface area contributed by atoms with E-state index in [0.717, 1.165) is 29.4 Å². The molecule has 0 spiro atoms. The third-order valence-corrected chi connectivity index (χ3v) is 6.54. The number of carbonyl (C=O) groups is 1. The maximum Gasteiger partial charge on any atom is 0.421 e. The molecule has 2 amide bonds. The zero-order valence-electron chi connectivity index (χ0n) is 20.7. The van der Waals surface area contributed by atoms with Crippen LogP contribution in [0.3, 0.4) is 0 Å². The lowest BCUT2D eigenvalue weighted by Crippen LogP contribution is -2.34. The molecule has 1 atom stereocenters. The van der Waals surface area contributed by atoms with E-state index in [9.17, 15) is 18.0 Å². The summed E-state index contributed by atoms with van der Waals surface area (Å²) in [4.78, 5) is 18.2. The number of rotatable bonds is 7. The molecule has 2 aromatic rings. The number of pyridine rings is 1. The first-order valence-corrected chi connectivity index (χ1v) is 12.4. The number of benzene rings is 1. The second kappa shape index (κ2) is 9.95. The van der Waals surface area contributed by atoms with Gasteiger partial charge in [0.1, 0.15) is 11.3 Å². The van der Waals surface area contributed by atoms with E-state index < -0.39 is 17.6 Å². The van der Waals surface area contributed by atoms with Crippen molar-refractivity contribution in [2.75, 3.05) is 11.9 Å². The van der Waals surface area contributed by atoms with Crippen LogP contribution in [0.1, 0.15) is 44.2 Å². The van der Waals surface area contributed by atoms with Crippen LogP contribution in [0.15, 0.2) is 72.2 Å². The molecule has 1 saturated carbocycles. The number of fused-ring (bicyclic) bond motifs is 1. The molecule has 3 aliphatic rings. The predicted molar refractivity (Wildman–Crippen MR) is 136 cm³/mol. The molecule has 9 heteroatoms.